The van der Waals surface area contributed by atoms with Crippen molar-refractivity contribution < 1.29 is 19.4 Å². The van der Waals surface area contributed by atoms with Crippen molar-refractivity contribution >= 4 is 34.7 Å². The average Bonchev–Trinajstić information content (AvgIpc) is 3.28. The molecule has 8 nitrogen and oxygen atoms in total. The van der Waals surface area contributed by atoms with Crippen molar-refractivity contribution in [2.45, 2.75) is 51.1 Å². The number of hydrogen-bond donors (Lipinski definition) is 1. The molecule has 0 spiro atoms. The van der Waals surface area contributed by atoms with Crippen molar-refractivity contribution in [1.82, 2.24) is 19.4 Å². The van der Waals surface area contributed by atoms with E-state index in [0.717, 1.165) is 59.9 Å². The van der Waals surface area contributed by atoms with Crippen LogP contribution in [0.2, 0.25) is 5.02 Å². The van der Waals surface area contributed by atoms with Gasteiger partial charge in [-0.2, -0.15) is 0 Å². The van der Waals surface area contributed by atoms with Gasteiger partial charge in [0.15, 0.2) is 6.10 Å². The number of aromatic nitrogens is 3. The zero-order chi connectivity index (χ0) is 27.4. The first-order valence-electron chi connectivity index (χ1n) is 13.6. The molecular weight excluding hydrogens is 528 g/mol. The van der Waals surface area contributed by atoms with E-state index in [1.54, 1.807) is 24.4 Å². The maximum Gasteiger partial charge on any atom is 0.335 e. The molecule has 0 bridgehead atoms. The zero-order valence-corrected chi connectivity index (χ0v) is 22.8. The molecule has 2 aromatic carbocycles. The molecule has 5 heterocycles. The Balaban J connectivity index is 1.21. The molecule has 3 aliphatic rings. The number of ether oxygens (including phenoxy) is 2. The summed E-state index contributed by atoms with van der Waals surface area (Å²) < 4.78 is 14.5. The van der Waals surface area contributed by atoms with Crippen LogP contribution in [0.4, 0.5) is 0 Å². The molecule has 40 heavy (non-hydrogen) atoms. The lowest BCUT2D eigenvalue weighted by Gasteiger charge is -2.38. The summed E-state index contributed by atoms with van der Waals surface area (Å²) in [6, 6.07) is 13.3. The molecule has 0 radical (unpaired) electrons. The summed E-state index contributed by atoms with van der Waals surface area (Å²) in [7, 11) is 0. The molecule has 0 amide bonds. The van der Waals surface area contributed by atoms with Crippen LogP contribution in [0.5, 0.6) is 5.75 Å². The van der Waals surface area contributed by atoms with Crippen LogP contribution in [-0.2, 0) is 24.2 Å². The van der Waals surface area contributed by atoms with E-state index in [1.165, 1.54) is 11.1 Å². The van der Waals surface area contributed by atoms with Gasteiger partial charge in [0, 0.05) is 36.5 Å². The van der Waals surface area contributed by atoms with E-state index < -0.39 is 5.97 Å². The van der Waals surface area contributed by atoms with E-state index in [2.05, 4.69) is 39.6 Å². The predicted octanol–water partition coefficient (Wildman–Crippen LogP) is 5.84. The smallest absolute Gasteiger partial charge is 0.335 e. The fourth-order valence-corrected chi connectivity index (χ4v) is 6.08. The fraction of sp³-hybridized carbons (Fsp3) is 0.323. The largest absolute Gasteiger partial charge is 0.479 e. The summed E-state index contributed by atoms with van der Waals surface area (Å²) in [4.78, 5) is 23.6. The Bertz CT molecular complexity index is 1640. The van der Waals surface area contributed by atoms with Gasteiger partial charge in [0.05, 0.1) is 46.5 Å². The van der Waals surface area contributed by atoms with Gasteiger partial charge in [0.1, 0.15) is 11.6 Å². The first-order valence-corrected chi connectivity index (χ1v) is 14.0. The van der Waals surface area contributed by atoms with Crippen LogP contribution in [0, 0.1) is 0 Å². The first kappa shape index (κ1) is 25.3. The molecule has 204 valence electrons. The number of imidazole rings is 1. The second-order valence-electron chi connectivity index (χ2n) is 10.7. The van der Waals surface area contributed by atoms with Crippen molar-refractivity contribution in [3.8, 4) is 5.75 Å². The van der Waals surface area contributed by atoms with E-state index in [-0.39, 0.29) is 23.8 Å². The van der Waals surface area contributed by atoms with Crippen LogP contribution in [0.1, 0.15) is 64.1 Å². The number of halogens is 1. The highest BCUT2D eigenvalue weighted by Gasteiger charge is 2.32. The SMILES string of the molecule is CC1c2c(ccc3c2O[C@@H](c2ccc(Cl)cn2)C=C3)CCN1Cc1nc2ccc(C(=O)O)cc2n1C[C@@H]1CCO1. The highest BCUT2D eigenvalue weighted by Crippen LogP contribution is 2.43. The second-order valence-corrected chi connectivity index (χ2v) is 11.1. The number of carboxylic acids is 1. The molecule has 9 heteroatoms. The highest BCUT2D eigenvalue weighted by atomic mass is 35.5. The molecule has 3 aliphatic heterocycles. The van der Waals surface area contributed by atoms with E-state index in [4.69, 9.17) is 26.1 Å². The molecule has 0 saturated carbocycles. The minimum absolute atomic E-state index is 0.0897. The fourth-order valence-electron chi connectivity index (χ4n) is 5.97. The molecule has 1 N–H and O–H groups in total. The maximum atomic E-state index is 11.7. The van der Waals surface area contributed by atoms with Gasteiger partial charge >= 0.3 is 5.97 Å². The summed E-state index contributed by atoms with van der Waals surface area (Å²) in [5.74, 6) is 0.877. The Labute approximate surface area is 236 Å². The molecule has 2 aromatic heterocycles. The predicted molar refractivity (Wildman–Crippen MR) is 152 cm³/mol. The van der Waals surface area contributed by atoms with Gasteiger partial charge in [-0.15, -0.1) is 0 Å². The van der Waals surface area contributed by atoms with E-state index in [9.17, 15) is 9.90 Å². The summed E-state index contributed by atoms with van der Waals surface area (Å²) >= 11 is 6.06. The number of pyridine rings is 1. The van der Waals surface area contributed by atoms with Gasteiger partial charge in [-0.3, -0.25) is 9.88 Å². The van der Waals surface area contributed by atoms with E-state index in [1.807, 2.05) is 18.2 Å². The standard InChI is InChI=1S/C31H29ClN4O4/c1-18-29-19(2-3-20-5-9-27(40-30(20)29)25-8-6-22(32)15-33-25)10-12-35(18)17-28-34-24-7-4-21(31(37)38)14-26(24)36(28)16-23-11-13-39-23/h2-9,14-15,18,23,27H,10-13,16-17H2,1H3,(H,37,38)/t18?,23-,27+/m0/s1. The van der Waals surface area contributed by atoms with Crippen molar-refractivity contribution in [1.29, 1.82) is 0 Å². The van der Waals surface area contributed by atoms with Crippen molar-refractivity contribution in [2.75, 3.05) is 13.2 Å². The number of hydrogen-bond acceptors (Lipinski definition) is 6. The summed E-state index contributed by atoms with van der Waals surface area (Å²) in [5, 5.41) is 10.2. The summed E-state index contributed by atoms with van der Waals surface area (Å²) in [6.07, 6.45) is 7.53. The van der Waals surface area contributed by atoms with E-state index in [0.29, 0.717) is 18.1 Å². The molecule has 1 saturated heterocycles. The quantitative estimate of drug-likeness (QED) is 0.319. The van der Waals surface area contributed by atoms with Crippen LogP contribution < -0.4 is 4.74 Å². The van der Waals surface area contributed by atoms with Crippen molar-refractivity contribution in [3.63, 3.8) is 0 Å². The third-order valence-electron chi connectivity index (χ3n) is 8.29. The number of benzene rings is 2. The highest BCUT2D eigenvalue weighted by molar-refractivity contribution is 6.30. The molecular formula is C31H29ClN4O4. The van der Waals surface area contributed by atoms with Crippen LogP contribution in [0.25, 0.3) is 17.1 Å². The normalized spacial score (nSPS) is 21.9. The monoisotopic (exact) mass is 556 g/mol. The van der Waals surface area contributed by atoms with Gasteiger partial charge in [0.25, 0.3) is 0 Å². The Morgan fingerprint density at radius 1 is 1.20 bits per heavy atom. The summed E-state index contributed by atoms with van der Waals surface area (Å²) in [6.45, 7) is 5.16. The molecule has 1 fully saturated rings. The Hall–Kier alpha value is -3.72. The van der Waals surface area contributed by atoms with Gasteiger partial charge in [-0.05, 0) is 61.7 Å². The lowest BCUT2D eigenvalue weighted by Crippen LogP contribution is -2.36. The lowest BCUT2D eigenvalue weighted by atomic mass is 9.89. The number of carbonyl (C=O) groups is 1. The molecule has 7 rings (SSSR count). The first-order chi connectivity index (χ1) is 19.4. The van der Waals surface area contributed by atoms with Gasteiger partial charge in [-0.25, -0.2) is 9.78 Å². The molecule has 4 aromatic rings. The third-order valence-corrected chi connectivity index (χ3v) is 8.51. The van der Waals surface area contributed by atoms with E-state index >= 15 is 0 Å². The Morgan fingerprint density at radius 2 is 2.08 bits per heavy atom. The number of aromatic carboxylic acids is 1. The number of fused-ring (bicyclic) bond motifs is 4. The maximum absolute atomic E-state index is 11.7. The van der Waals surface area contributed by atoms with Crippen LogP contribution in [0.15, 0.2) is 54.7 Å². The number of rotatable bonds is 6. The van der Waals surface area contributed by atoms with Gasteiger partial charge in [-0.1, -0.05) is 29.8 Å². The number of carboxylic acid groups (broad SMARTS) is 1. The third kappa shape index (κ3) is 4.46. The zero-order valence-electron chi connectivity index (χ0n) is 22.1. The minimum Gasteiger partial charge on any atom is -0.479 e. The van der Waals surface area contributed by atoms with Crippen molar-refractivity contribution in [3.05, 3.63) is 93.5 Å². The van der Waals surface area contributed by atoms with Crippen LogP contribution >= 0.6 is 11.6 Å². The van der Waals surface area contributed by atoms with Crippen LogP contribution in [-0.4, -0.2) is 49.8 Å². The molecule has 1 unspecified atom stereocenters. The Morgan fingerprint density at radius 3 is 2.83 bits per heavy atom. The Kier molecular flexibility index (Phi) is 6.34. The average molecular weight is 557 g/mol. The topological polar surface area (TPSA) is 89.7 Å². The van der Waals surface area contributed by atoms with Crippen LogP contribution in [0.3, 0.4) is 0 Å². The van der Waals surface area contributed by atoms with Gasteiger partial charge in [0.2, 0.25) is 0 Å². The van der Waals surface area contributed by atoms with Crippen molar-refractivity contribution in [2.24, 2.45) is 0 Å². The lowest BCUT2D eigenvalue weighted by molar-refractivity contribution is -0.0592. The minimum atomic E-state index is -0.941. The molecule has 3 atom stereocenters. The number of nitrogens with zero attached hydrogens (tertiary/aromatic N) is 4. The summed E-state index contributed by atoms with van der Waals surface area (Å²) in [5.41, 5.74) is 6.27. The molecule has 0 aliphatic carbocycles. The van der Waals surface area contributed by atoms with Gasteiger partial charge < -0.3 is 19.1 Å². The second kappa shape index (κ2) is 10.0.